The highest BCUT2D eigenvalue weighted by Crippen LogP contribution is 2.75. The molecule has 7 fully saturated rings. The van der Waals surface area contributed by atoms with Gasteiger partial charge in [-0.3, -0.25) is 0 Å². The van der Waals surface area contributed by atoms with E-state index >= 15 is 0 Å². The van der Waals surface area contributed by atoms with Crippen molar-refractivity contribution < 1.29 is 4.74 Å². The van der Waals surface area contributed by atoms with Gasteiger partial charge in [0.15, 0.2) is 0 Å². The van der Waals surface area contributed by atoms with Crippen LogP contribution in [0.1, 0.15) is 376 Å². The molecule has 7 aliphatic rings. The Hall–Kier alpha value is -0.0400. The van der Waals surface area contributed by atoms with Crippen LogP contribution in [0.2, 0.25) is 0 Å². The van der Waals surface area contributed by atoms with E-state index in [1.807, 2.05) is 0 Å². The van der Waals surface area contributed by atoms with E-state index in [1.54, 1.807) is 0 Å². The lowest BCUT2D eigenvalue weighted by Gasteiger charge is -2.50. The maximum absolute atomic E-state index is 5.47. The zero-order valence-corrected chi connectivity index (χ0v) is 62.9. The second-order valence-corrected chi connectivity index (χ2v) is 36.9. The molecule has 0 spiro atoms. The minimum Gasteiger partial charge on any atom is -0.381 e. The van der Waals surface area contributed by atoms with Crippen LogP contribution in [0.5, 0.6) is 0 Å². The van der Waals surface area contributed by atoms with Crippen molar-refractivity contribution >= 4 is 0 Å². The Morgan fingerprint density at radius 2 is 0.457 bits per heavy atom. The first-order valence-corrected chi connectivity index (χ1v) is 36.4. The van der Waals surface area contributed by atoms with Crippen LogP contribution in [0, 0.1) is 125 Å². The van der Waals surface area contributed by atoms with E-state index in [0.29, 0.717) is 54.1 Å². The molecule has 0 N–H and O–H groups in total. The highest BCUT2D eigenvalue weighted by molar-refractivity contribution is 5.16. The number of hydrogen-bond donors (Lipinski definition) is 0. The van der Waals surface area contributed by atoms with E-state index in [4.69, 9.17) is 4.74 Å². The highest BCUT2D eigenvalue weighted by atomic mass is 16.5. The second-order valence-electron chi connectivity index (χ2n) is 36.9. The molecule has 0 amide bonds. The molecule has 0 aromatic heterocycles. The molecule has 1 nitrogen and oxygen atoms in total. The van der Waals surface area contributed by atoms with Crippen LogP contribution in [0.4, 0.5) is 0 Å². The average molecular weight is 1140 g/mol. The molecule has 1 heteroatoms. The van der Waals surface area contributed by atoms with Crippen molar-refractivity contribution in [3.8, 4) is 0 Å². The first kappa shape index (κ1) is 79.0. The van der Waals surface area contributed by atoms with Gasteiger partial charge in [-0.05, 0) is 208 Å². The predicted molar refractivity (Wildman–Crippen MR) is 369 cm³/mol. The molecule has 7 rings (SSSR count). The molecule has 486 valence electrons. The highest BCUT2D eigenvalue weighted by Gasteiger charge is 2.67. The standard InChI is InChI=1S/C13H26.C12H24O.2C12H24.C11H22.2C10H20/c1-11(2)13(12(3)4)9-7-5-6-8-10-13;1-10(2)12(11(3,4)5)6-8-13-9-7-12;1-9(2)12(10(3,4)5)8-11(12,6)7;1-10(2)12(11(3)4)8-6-5-7-9-12;1-9(2)11(10(3)4)7-5-6-8-11;1-8(2)10(6-7-10)9(3,4)5;1-8(2)10(9(3)4)6-5-7-10/h11-12H,5-10H2,1-4H3;10H,6-9H2,1-5H3;9H,8H2,1-7H3;10-11H,5-9H2,1-4H3;9-10H,5-8H2,1-4H3;8H,6-7H2,1-5H3;8-9H,5-7H2,1-4H3. The molecule has 6 saturated carbocycles. The first-order valence-electron chi connectivity index (χ1n) is 36.4. The van der Waals surface area contributed by atoms with Crippen LogP contribution < -0.4 is 0 Å². The summed E-state index contributed by atoms with van der Waals surface area (Å²) in [7, 11) is 0. The minimum absolute atomic E-state index is 0.408. The summed E-state index contributed by atoms with van der Waals surface area (Å²) in [6.07, 6.45) is 33.3. The monoisotopic (exact) mass is 1140 g/mol. The van der Waals surface area contributed by atoms with Gasteiger partial charge < -0.3 is 4.74 Å². The van der Waals surface area contributed by atoms with Gasteiger partial charge in [-0.15, -0.1) is 0 Å². The molecule has 1 unspecified atom stereocenters. The zero-order valence-electron chi connectivity index (χ0n) is 62.9. The van der Waals surface area contributed by atoms with Crippen LogP contribution in [0.3, 0.4) is 0 Å². The summed E-state index contributed by atoms with van der Waals surface area (Å²) in [6.45, 7) is 80.7. The van der Waals surface area contributed by atoms with Crippen LogP contribution in [-0.4, -0.2) is 13.2 Å². The van der Waals surface area contributed by atoms with E-state index in [1.165, 1.54) is 148 Å². The van der Waals surface area contributed by atoms with Crippen molar-refractivity contribution in [1.29, 1.82) is 0 Å². The largest absolute Gasteiger partial charge is 0.381 e. The third-order valence-electron chi connectivity index (χ3n) is 27.3. The first-order chi connectivity index (χ1) is 36.8. The number of rotatable bonds is 11. The summed E-state index contributed by atoms with van der Waals surface area (Å²) in [5.41, 5.74) is 6.49. The SMILES string of the molecule is CC(C)C1(C(C)(C)C)CC1.CC(C)C1(C(C)(C)C)CC1(C)C.CC(C)C1(C(C)(C)C)CCOCC1.CC(C)C1(C(C)C)CCC1.CC(C)C1(C(C)C)CCCC1.CC(C)C1(C(C)C)CCCCC1.CC(C)C1(C(C)C)CCCCCC1. The molecule has 81 heavy (non-hydrogen) atoms. The van der Waals surface area contributed by atoms with E-state index in [-0.39, 0.29) is 0 Å². The molecule has 1 saturated heterocycles. The Bertz CT molecular complexity index is 1600. The molecule has 6 aliphatic carbocycles. The molecule has 0 radical (unpaired) electrons. The molecular formula is C80H160O. The Labute approximate surface area is 516 Å². The molecule has 0 aromatic carbocycles. The van der Waals surface area contributed by atoms with Crippen molar-refractivity contribution in [2.24, 2.45) is 125 Å². The lowest BCUT2D eigenvalue weighted by Crippen LogP contribution is -2.44. The Morgan fingerprint density at radius 3 is 0.568 bits per heavy atom. The van der Waals surface area contributed by atoms with Crippen molar-refractivity contribution in [2.75, 3.05) is 13.2 Å². The summed E-state index contributed by atoms with van der Waals surface area (Å²) in [5, 5.41) is 0. The van der Waals surface area contributed by atoms with Crippen molar-refractivity contribution in [1.82, 2.24) is 0 Å². The van der Waals surface area contributed by atoms with Gasteiger partial charge in [0.2, 0.25) is 0 Å². The minimum atomic E-state index is 0.408. The zero-order chi connectivity index (χ0) is 63.2. The van der Waals surface area contributed by atoms with Crippen LogP contribution in [0.15, 0.2) is 0 Å². The van der Waals surface area contributed by atoms with Gasteiger partial charge in [-0.2, -0.15) is 0 Å². The van der Waals surface area contributed by atoms with E-state index in [9.17, 15) is 0 Å². The predicted octanol–water partition coefficient (Wildman–Crippen LogP) is 27.3. The lowest BCUT2D eigenvalue weighted by atomic mass is 9.56. The summed E-state index contributed by atoms with van der Waals surface area (Å²) in [6, 6.07) is 0. The molecule has 1 heterocycles. The van der Waals surface area contributed by atoms with E-state index in [2.05, 4.69) is 228 Å². The lowest BCUT2D eigenvalue weighted by molar-refractivity contribution is -0.0758. The molecular weight excluding hydrogens is 977 g/mol. The maximum Gasteiger partial charge on any atom is 0.0471 e. The van der Waals surface area contributed by atoms with Crippen LogP contribution in [0.25, 0.3) is 0 Å². The maximum atomic E-state index is 5.47. The van der Waals surface area contributed by atoms with Gasteiger partial charge in [-0.1, -0.05) is 293 Å². The van der Waals surface area contributed by atoms with E-state index in [0.717, 1.165) is 83.7 Å². The molecule has 0 aromatic rings. The topological polar surface area (TPSA) is 9.23 Å². The Morgan fingerprint density at radius 1 is 0.247 bits per heavy atom. The summed E-state index contributed by atoms with van der Waals surface area (Å²) >= 11 is 0. The van der Waals surface area contributed by atoms with Crippen molar-refractivity contribution in [2.45, 2.75) is 376 Å². The van der Waals surface area contributed by atoms with Gasteiger partial charge in [0, 0.05) is 13.2 Å². The summed E-state index contributed by atoms with van der Waals surface area (Å²) in [5.74, 6) is 9.46. The smallest absolute Gasteiger partial charge is 0.0471 e. The van der Waals surface area contributed by atoms with Gasteiger partial charge >= 0.3 is 0 Å². The number of hydrogen-bond acceptors (Lipinski definition) is 1. The van der Waals surface area contributed by atoms with E-state index < -0.39 is 0 Å². The summed E-state index contributed by atoms with van der Waals surface area (Å²) < 4.78 is 5.47. The van der Waals surface area contributed by atoms with Crippen LogP contribution >= 0.6 is 0 Å². The van der Waals surface area contributed by atoms with Gasteiger partial charge in [0.05, 0.1) is 0 Å². The summed E-state index contributed by atoms with van der Waals surface area (Å²) in [4.78, 5) is 0. The Kier molecular flexibility index (Phi) is 31.1. The fourth-order valence-electron chi connectivity index (χ4n) is 20.5. The normalized spacial score (nSPS) is 25.0. The fourth-order valence-corrected chi connectivity index (χ4v) is 20.5. The van der Waals surface area contributed by atoms with Crippen molar-refractivity contribution in [3.63, 3.8) is 0 Å². The molecule has 1 aliphatic heterocycles. The molecule has 0 bridgehead atoms. The van der Waals surface area contributed by atoms with Gasteiger partial charge in [0.1, 0.15) is 0 Å². The number of ether oxygens (including phenoxy) is 1. The van der Waals surface area contributed by atoms with Gasteiger partial charge in [0.25, 0.3) is 0 Å². The third-order valence-corrected chi connectivity index (χ3v) is 27.3. The molecule has 1 atom stereocenters. The third kappa shape index (κ3) is 19.2. The second kappa shape index (κ2) is 31.9. The average Bonchev–Trinajstić information content (AvgIpc) is 4.22. The fraction of sp³-hybridized carbons (Fsp3) is 1.00. The quantitative estimate of drug-likeness (QED) is 0.187. The van der Waals surface area contributed by atoms with Gasteiger partial charge in [-0.25, -0.2) is 0 Å². The Balaban J connectivity index is 0.000000473. The van der Waals surface area contributed by atoms with Crippen LogP contribution in [-0.2, 0) is 4.74 Å². The van der Waals surface area contributed by atoms with Crippen molar-refractivity contribution in [3.05, 3.63) is 0 Å².